The average Bonchev–Trinajstić information content (AvgIpc) is 2.39. The van der Waals surface area contributed by atoms with Crippen molar-refractivity contribution in [2.75, 3.05) is 13.1 Å². The molecule has 0 radical (unpaired) electrons. The van der Waals surface area contributed by atoms with Crippen LogP contribution in [0.4, 0.5) is 0 Å². The Kier molecular flexibility index (Phi) is 7.33. The fourth-order valence-electron chi connectivity index (χ4n) is 2.91. The highest BCUT2D eigenvalue weighted by Gasteiger charge is 2.24. The van der Waals surface area contributed by atoms with Gasteiger partial charge in [-0.15, -0.1) is 0 Å². The van der Waals surface area contributed by atoms with E-state index in [1.54, 1.807) is 0 Å². The molecule has 1 heterocycles. The SMILES string of the molecule is CCCC(CCC)C(=O)NC(C)C1CCNCC1. The van der Waals surface area contributed by atoms with Crippen LogP contribution in [0.2, 0.25) is 0 Å². The summed E-state index contributed by atoms with van der Waals surface area (Å²) in [7, 11) is 0. The summed E-state index contributed by atoms with van der Waals surface area (Å²) in [5.41, 5.74) is 0. The Labute approximate surface area is 112 Å². The van der Waals surface area contributed by atoms with Crippen LogP contribution in [0.3, 0.4) is 0 Å². The Hall–Kier alpha value is -0.570. The van der Waals surface area contributed by atoms with E-state index in [1.165, 1.54) is 12.8 Å². The first-order valence-electron chi connectivity index (χ1n) is 7.70. The molecule has 1 fully saturated rings. The highest BCUT2D eigenvalue weighted by Crippen LogP contribution is 2.18. The third-order valence-electron chi connectivity index (χ3n) is 4.11. The molecule has 3 nitrogen and oxygen atoms in total. The number of amides is 1. The van der Waals surface area contributed by atoms with E-state index in [-0.39, 0.29) is 11.8 Å². The molecule has 18 heavy (non-hydrogen) atoms. The number of piperidine rings is 1. The summed E-state index contributed by atoms with van der Waals surface area (Å²) in [5.74, 6) is 1.16. The van der Waals surface area contributed by atoms with E-state index in [1.807, 2.05) is 0 Å². The molecular weight excluding hydrogens is 224 g/mol. The van der Waals surface area contributed by atoms with Crippen molar-refractivity contribution in [2.45, 2.75) is 65.3 Å². The van der Waals surface area contributed by atoms with Crippen LogP contribution >= 0.6 is 0 Å². The lowest BCUT2D eigenvalue weighted by molar-refractivity contribution is -0.126. The van der Waals surface area contributed by atoms with E-state index in [0.717, 1.165) is 38.8 Å². The topological polar surface area (TPSA) is 41.1 Å². The Bertz CT molecular complexity index is 231. The molecule has 1 amide bonds. The van der Waals surface area contributed by atoms with Gasteiger partial charge in [-0.2, -0.15) is 0 Å². The maximum Gasteiger partial charge on any atom is 0.223 e. The second kappa shape index (κ2) is 8.52. The van der Waals surface area contributed by atoms with Crippen molar-refractivity contribution in [1.82, 2.24) is 10.6 Å². The van der Waals surface area contributed by atoms with Crippen LogP contribution in [-0.4, -0.2) is 25.0 Å². The molecule has 1 aliphatic rings. The summed E-state index contributed by atoms with van der Waals surface area (Å²) in [5, 5.41) is 6.63. The summed E-state index contributed by atoms with van der Waals surface area (Å²) < 4.78 is 0. The van der Waals surface area contributed by atoms with Crippen LogP contribution in [0.5, 0.6) is 0 Å². The lowest BCUT2D eigenvalue weighted by Gasteiger charge is -2.30. The maximum atomic E-state index is 12.2. The average molecular weight is 254 g/mol. The van der Waals surface area contributed by atoms with Crippen molar-refractivity contribution in [3.63, 3.8) is 0 Å². The number of carbonyl (C=O) groups is 1. The minimum Gasteiger partial charge on any atom is -0.353 e. The van der Waals surface area contributed by atoms with Crippen molar-refractivity contribution in [1.29, 1.82) is 0 Å². The molecule has 1 saturated heterocycles. The normalized spacial score (nSPS) is 18.9. The molecule has 0 aromatic rings. The number of rotatable bonds is 7. The molecule has 0 bridgehead atoms. The quantitative estimate of drug-likeness (QED) is 0.733. The van der Waals surface area contributed by atoms with Gasteiger partial charge in [-0.05, 0) is 51.6 Å². The van der Waals surface area contributed by atoms with Gasteiger partial charge in [-0.25, -0.2) is 0 Å². The van der Waals surface area contributed by atoms with Gasteiger partial charge < -0.3 is 10.6 Å². The molecule has 1 aliphatic heterocycles. The fraction of sp³-hybridized carbons (Fsp3) is 0.933. The smallest absolute Gasteiger partial charge is 0.223 e. The maximum absolute atomic E-state index is 12.2. The van der Waals surface area contributed by atoms with Crippen molar-refractivity contribution in [3.8, 4) is 0 Å². The predicted octanol–water partition coefficient (Wildman–Crippen LogP) is 2.71. The second-order valence-corrected chi connectivity index (χ2v) is 5.66. The van der Waals surface area contributed by atoms with Gasteiger partial charge in [0.15, 0.2) is 0 Å². The molecule has 1 atom stereocenters. The Morgan fingerprint density at radius 1 is 1.22 bits per heavy atom. The van der Waals surface area contributed by atoms with Gasteiger partial charge in [-0.1, -0.05) is 26.7 Å². The Morgan fingerprint density at radius 3 is 2.28 bits per heavy atom. The molecule has 0 aliphatic carbocycles. The predicted molar refractivity (Wildman–Crippen MR) is 76.5 cm³/mol. The van der Waals surface area contributed by atoms with E-state index in [9.17, 15) is 4.79 Å². The van der Waals surface area contributed by atoms with Gasteiger partial charge in [0, 0.05) is 12.0 Å². The molecule has 0 spiro atoms. The summed E-state index contributed by atoms with van der Waals surface area (Å²) in [6.07, 6.45) is 6.62. The molecule has 3 heteroatoms. The van der Waals surface area contributed by atoms with Gasteiger partial charge in [0.25, 0.3) is 0 Å². The summed E-state index contributed by atoms with van der Waals surface area (Å²) in [4.78, 5) is 12.2. The number of carbonyl (C=O) groups excluding carboxylic acids is 1. The minimum absolute atomic E-state index is 0.226. The highest BCUT2D eigenvalue weighted by molar-refractivity contribution is 5.78. The molecular formula is C15H30N2O. The standard InChI is InChI=1S/C15H30N2O/c1-4-6-14(7-5-2)15(18)17-12(3)13-8-10-16-11-9-13/h12-14,16H,4-11H2,1-3H3,(H,17,18). The molecule has 0 saturated carbocycles. The molecule has 1 rings (SSSR count). The van der Waals surface area contributed by atoms with Gasteiger partial charge in [-0.3, -0.25) is 4.79 Å². The lowest BCUT2D eigenvalue weighted by atomic mass is 9.90. The van der Waals surface area contributed by atoms with Crippen molar-refractivity contribution in [2.24, 2.45) is 11.8 Å². The second-order valence-electron chi connectivity index (χ2n) is 5.66. The van der Waals surface area contributed by atoms with E-state index in [2.05, 4.69) is 31.4 Å². The molecule has 0 aromatic heterocycles. The molecule has 2 N–H and O–H groups in total. The van der Waals surface area contributed by atoms with Crippen LogP contribution in [0.1, 0.15) is 59.3 Å². The first kappa shape index (κ1) is 15.5. The van der Waals surface area contributed by atoms with Crippen LogP contribution < -0.4 is 10.6 Å². The zero-order valence-corrected chi connectivity index (χ0v) is 12.3. The molecule has 1 unspecified atom stereocenters. The monoisotopic (exact) mass is 254 g/mol. The van der Waals surface area contributed by atoms with Crippen LogP contribution in [0.25, 0.3) is 0 Å². The van der Waals surface area contributed by atoms with Crippen LogP contribution in [0.15, 0.2) is 0 Å². The van der Waals surface area contributed by atoms with Gasteiger partial charge in [0.2, 0.25) is 5.91 Å². The van der Waals surface area contributed by atoms with Crippen LogP contribution in [0, 0.1) is 11.8 Å². The van der Waals surface area contributed by atoms with Crippen molar-refractivity contribution < 1.29 is 4.79 Å². The Balaban J connectivity index is 2.40. The molecule has 106 valence electrons. The van der Waals surface area contributed by atoms with Gasteiger partial charge in [0.05, 0.1) is 0 Å². The Morgan fingerprint density at radius 2 is 1.78 bits per heavy atom. The van der Waals surface area contributed by atoms with Gasteiger partial charge in [0.1, 0.15) is 0 Å². The van der Waals surface area contributed by atoms with Crippen LogP contribution in [-0.2, 0) is 4.79 Å². The zero-order chi connectivity index (χ0) is 13.4. The zero-order valence-electron chi connectivity index (χ0n) is 12.3. The third-order valence-corrected chi connectivity index (χ3v) is 4.11. The summed E-state index contributed by atoms with van der Waals surface area (Å²) in [6.45, 7) is 8.68. The summed E-state index contributed by atoms with van der Waals surface area (Å²) in [6, 6.07) is 0.329. The van der Waals surface area contributed by atoms with Crippen molar-refractivity contribution >= 4 is 5.91 Å². The number of nitrogens with one attached hydrogen (secondary N) is 2. The van der Waals surface area contributed by atoms with E-state index >= 15 is 0 Å². The largest absolute Gasteiger partial charge is 0.353 e. The van der Waals surface area contributed by atoms with E-state index < -0.39 is 0 Å². The number of hydrogen-bond donors (Lipinski definition) is 2. The van der Waals surface area contributed by atoms with E-state index in [4.69, 9.17) is 0 Å². The molecule has 0 aromatic carbocycles. The minimum atomic E-state index is 0.226. The first-order chi connectivity index (χ1) is 8.69. The van der Waals surface area contributed by atoms with Crippen molar-refractivity contribution in [3.05, 3.63) is 0 Å². The fourth-order valence-corrected chi connectivity index (χ4v) is 2.91. The van der Waals surface area contributed by atoms with Gasteiger partial charge >= 0.3 is 0 Å². The lowest BCUT2D eigenvalue weighted by Crippen LogP contribution is -2.44. The third kappa shape index (κ3) is 4.97. The highest BCUT2D eigenvalue weighted by atomic mass is 16.1. The first-order valence-corrected chi connectivity index (χ1v) is 7.70. The van der Waals surface area contributed by atoms with E-state index in [0.29, 0.717) is 12.0 Å². The summed E-state index contributed by atoms with van der Waals surface area (Å²) >= 11 is 0. The number of hydrogen-bond acceptors (Lipinski definition) is 2.